The second-order valence-corrected chi connectivity index (χ2v) is 14.8. The Bertz CT molecular complexity index is 3260. The first-order valence-corrected chi connectivity index (χ1v) is 19.4. The van der Waals surface area contributed by atoms with Crippen molar-refractivity contribution in [3.63, 3.8) is 0 Å². The fraction of sp³-hybridized carbons (Fsp3) is 0. The summed E-state index contributed by atoms with van der Waals surface area (Å²) < 4.78 is 4.69. The van der Waals surface area contributed by atoms with Gasteiger partial charge in [-0.25, -0.2) is 4.98 Å². The van der Waals surface area contributed by atoms with Gasteiger partial charge in [0.15, 0.2) is 11.6 Å². The Kier molecular flexibility index (Phi) is 6.95. The van der Waals surface area contributed by atoms with Crippen molar-refractivity contribution in [2.24, 2.45) is 0 Å². The molecule has 8 aromatic carbocycles. The van der Waals surface area contributed by atoms with E-state index in [4.69, 9.17) is 15.0 Å². The topological polar surface area (TPSA) is 48.5 Å². The van der Waals surface area contributed by atoms with E-state index in [1.807, 2.05) is 36.4 Å². The van der Waals surface area contributed by atoms with Crippen LogP contribution in [-0.4, -0.2) is 30.8 Å². The average Bonchev–Trinajstić information content (AvgIpc) is 3.93. The van der Waals surface area contributed by atoms with E-state index in [0.717, 1.165) is 44.1 Å². The Balaban J connectivity index is 1.14. The summed E-state index contributed by atoms with van der Waals surface area (Å²) in [5, 5.41) is 4.71. The minimum absolute atomic E-state index is 0.147. The van der Waals surface area contributed by atoms with Crippen LogP contribution in [0.3, 0.4) is 0 Å². The van der Waals surface area contributed by atoms with Crippen LogP contribution in [0.2, 0.25) is 0 Å². The maximum absolute atomic E-state index is 5.20. The number of rotatable bonds is 5. The van der Waals surface area contributed by atoms with Crippen LogP contribution in [0.5, 0.6) is 0 Å². The van der Waals surface area contributed by atoms with Gasteiger partial charge in [-0.1, -0.05) is 180 Å². The third-order valence-electron chi connectivity index (χ3n) is 11.7. The molecule has 0 fully saturated rings. The summed E-state index contributed by atoms with van der Waals surface area (Å²) in [6, 6.07) is 69.2. The first-order valence-electron chi connectivity index (χ1n) is 19.4. The quantitative estimate of drug-likeness (QED) is 0.166. The third kappa shape index (κ3) is 4.80. The monoisotopic (exact) mass is 725 g/mol. The van der Waals surface area contributed by atoms with Crippen molar-refractivity contribution < 1.29 is 0 Å². The fourth-order valence-corrected chi connectivity index (χ4v) is 9.25. The van der Waals surface area contributed by atoms with Gasteiger partial charge in [0.2, 0.25) is 12.7 Å². The van der Waals surface area contributed by atoms with Gasteiger partial charge < -0.3 is 4.57 Å². The number of fused-ring (bicyclic) bond motifs is 10. The molecule has 0 aliphatic carbocycles. The number of hydrogen-bond acceptors (Lipinski definition) is 3. The highest BCUT2D eigenvalue weighted by atomic mass is 15.2. The van der Waals surface area contributed by atoms with Crippen LogP contribution in [0.15, 0.2) is 194 Å². The summed E-state index contributed by atoms with van der Waals surface area (Å²) >= 11 is 0. The molecule has 0 saturated carbocycles. The van der Waals surface area contributed by atoms with E-state index in [9.17, 15) is 0 Å². The summed E-state index contributed by atoms with van der Waals surface area (Å²) in [7, 11) is 0. The van der Waals surface area contributed by atoms with Crippen molar-refractivity contribution in [1.82, 2.24) is 24.1 Å². The molecule has 264 valence electrons. The molecule has 0 saturated heterocycles. The standard InChI is InChI=1S/C51H32BN5/c1-3-16-33(17-4-1)49-53-50(34-18-5-2-6-19-34)55-51(54-49)57-45-29-14-10-25-41(45)47-46(57)31-30-40-39-24-9-13-28-44(39)56(48(40)47)36-21-15-20-35(32-36)52-42-26-11-7-22-37(42)38-23-8-12-27-43(38)52/h1-32H. The average molecular weight is 726 g/mol. The van der Waals surface area contributed by atoms with Gasteiger partial charge >= 0.3 is 0 Å². The molecule has 0 bridgehead atoms. The van der Waals surface area contributed by atoms with Crippen LogP contribution in [0.4, 0.5) is 0 Å². The lowest BCUT2D eigenvalue weighted by atomic mass is 9.39. The molecule has 1 aliphatic rings. The van der Waals surface area contributed by atoms with Gasteiger partial charge in [0.25, 0.3) is 0 Å². The number of para-hydroxylation sites is 2. The highest BCUT2D eigenvalue weighted by Crippen LogP contribution is 2.42. The first-order chi connectivity index (χ1) is 28.3. The second-order valence-electron chi connectivity index (χ2n) is 14.8. The maximum atomic E-state index is 5.20. The van der Waals surface area contributed by atoms with E-state index in [-0.39, 0.29) is 6.71 Å². The lowest BCUT2D eigenvalue weighted by molar-refractivity contribution is 0.953. The zero-order valence-corrected chi connectivity index (χ0v) is 30.8. The molecule has 0 spiro atoms. The molecule has 0 N–H and O–H groups in total. The molecule has 0 atom stereocenters. The number of benzene rings is 8. The zero-order chi connectivity index (χ0) is 37.5. The van der Waals surface area contributed by atoms with Crippen molar-refractivity contribution >= 4 is 66.7 Å². The van der Waals surface area contributed by atoms with Crippen LogP contribution in [0.25, 0.3) is 89.2 Å². The molecule has 0 radical (unpaired) electrons. The Hall–Kier alpha value is -7.57. The van der Waals surface area contributed by atoms with E-state index in [1.54, 1.807) is 0 Å². The molecule has 57 heavy (non-hydrogen) atoms. The van der Waals surface area contributed by atoms with Crippen LogP contribution in [0.1, 0.15) is 0 Å². The molecule has 0 amide bonds. The van der Waals surface area contributed by atoms with Gasteiger partial charge in [0.05, 0.1) is 22.1 Å². The van der Waals surface area contributed by atoms with Gasteiger partial charge in [-0.05, 0) is 41.5 Å². The number of hydrogen-bond donors (Lipinski definition) is 0. The number of nitrogens with zero attached hydrogens (tertiary/aromatic N) is 5. The fourth-order valence-electron chi connectivity index (χ4n) is 9.25. The van der Waals surface area contributed by atoms with Crippen molar-refractivity contribution in [3.05, 3.63) is 194 Å². The Labute approximate surface area is 329 Å². The van der Waals surface area contributed by atoms with Crippen LogP contribution < -0.4 is 16.4 Å². The summed E-state index contributed by atoms with van der Waals surface area (Å²) in [6.07, 6.45) is 0. The van der Waals surface area contributed by atoms with Crippen molar-refractivity contribution in [1.29, 1.82) is 0 Å². The third-order valence-corrected chi connectivity index (χ3v) is 11.7. The van der Waals surface area contributed by atoms with E-state index in [0.29, 0.717) is 17.6 Å². The van der Waals surface area contributed by atoms with Gasteiger partial charge in [0.1, 0.15) is 0 Å². The summed E-state index contributed by atoms with van der Waals surface area (Å²) in [4.78, 5) is 15.4. The predicted molar refractivity (Wildman–Crippen MR) is 236 cm³/mol. The van der Waals surface area contributed by atoms with Crippen molar-refractivity contribution in [2.45, 2.75) is 0 Å². The zero-order valence-electron chi connectivity index (χ0n) is 30.8. The van der Waals surface area contributed by atoms with Gasteiger partial charge in [-0.15, -0.1) is 0 Å². The summed E-state index contributed by atoms with van der Waals surface area (Å²) in [5.41, 5.74) is 14.0. The molecule has 6 heteroatoms. The van der Waals surface area contributed by atoms with Crippen molar-refractivity contribution in [3.8, 4) is 45.5 Å². The second kappa shape index (κ2) is 12.5. The van der Waals surface area contributed by atoms with E-state index in [1.165, 1.54) is 43.8 Å². The molecule has 4 heterocycles. The van der Waals surface area contributed by atoms with Crippen LogP contribution in [0, 0.1) is 0 Å². The molecule has 3 aromatic heterocycles. The molecule has 0 unspecified atom stereocenters. The first kappa shape index (κ1) is 31.8. The Morgan fingerprint density at radius 2 is 0.947 bits per heavy atom. The number of aromatic nitrogens is 5. The van der Waals surface area contributed by atoms with Crippen molar-refractivity contribution in [2.75, 3.05) is 0 Å². The molecular formula is C51H32BN5. The SMILES string of the molecule is c1ccc(-c2nc(-c3ccccc3)nc(-n3c4ccccc4c4c3ccc3c5ccccc5n(-c5cccc(B6c7ccccc7-c7ccccc76)c5)c34)n2)cc1. The molecule has 5 nitrogen and oxygen atoms in total. The van der Waals surface area contributed by atoms with Crippen LogP contribution >= 0.6 is 0 Å². The minimum atomic E-state index is 0.147. The van der Waals surface area contributed by atoms with Gasteiger partial charge in [0, 0.05) is 38.4 Å². The smallest absolute Gasteiger partial charge is 0.242 e. The van der Waals surface area contributed by atoms with Gasteiger partial charge in [-0.2, -0.15) is 9.97 Å². The summed E-state index contributed by atoms with van der Waals surface area (Å²) in [5.74, 6) is 1.84. The van der Waals surface area contributed by atoms with E-state index >= 15 is 0 Å². The Morgan fingerprint density at radius 1 is 0.386 bits per heavy atom. The largest absolute Gasteiger partial charge is 0.309 e. The lowest BCUT2D eigenvalue weighted by Gasteiger charge is -2.15. The van der Waals surface area contributed by atoms with E-state index < -0.39 is 0 Å². The maximum Gasteiger partial charge on any atom is 0.242 e. The molecule has 1 aliphatic heterocycles. The Morgan fingerprint density at radius 3 is 1.61 bits per heavy atom. The highest BCUT2D eigenvalue weighted by molar-refractivity contribution is 6.99. The normalized spacial score (nSPS) is 12.2. The highest BCUT2D eigenvalue weighted by Gasteiger charge is 2.33. The predicted octanol–water partition coefficient (Wildman–Crippen LogP) is 9.90. The van der Waals surface area contributed by atoms with E-state index in [2.05, 4.69) is 167 Å². The molecular weight excluding hydrogens is 693 g/mol. The molecule has 11 aromatic rings. The minimum Gasteiger partial charge on any atom is -0.309 e. The summed E-state index contributed by atoms with van der Waals surface area (Å²) in [6.45, 7) is 0.147. The molecule has 12 rings (SSSR count). The lowest BCUT2D eigenvalue weighted by Crippen LogP contribution is -2.48. The van der Waals surface area contributed by atoms with Crippen LogP contribution in [-0.2, 0) is 0 Å². The van der Waals surface area contributed by atoms with Gasteiger partial charge in [-0.3, -0.25) is 4.57 Å².